The van der Waals surface area contributed by atoms with Crippen LogP contribution in [0.5, 0.6) is 0 Å². The van der Waals surface area contributed by atoms with E-state index in [4.69, 9.17) is 14.2 Å². The zero-order valence-electron chi connectivity index (χ0n) is 24.4. The van der Waals surface area contributed by atoms with Gasteiger partial charge in [0, 0.05) is 13.1 Å². The summed E-state index contributed by atoms with van der Waals surface area (Å²) in [5.41, 5.74) is 1.66. The van der Waals surface area contributed by atoms with E-state index in [1.54, 1.807) is 20.8 Å². The van der Waals surface area contributed by atoms with Crippen LogP contribution in [0.3, 0.4) is 0 Å². The Balaban J connectivity index is 0.000000230. The third kappa shape index (κ3) is 12.3. The number of carbonyl (C=O) groups is 1. The molecule has 0 aromatic heterocycles. The van der Waals surface area contributed by atoms with Crippen LogP contribution in [0.1, 0.15) is 57.6 Å². The normalized spacial score (nSPS) is 24.3. The average molecular weight is 561 g/mol. The lowest BCUT2D eigenvalue weighted by Gasteiger charge is -2.28. The number of benzene rings is 2. The number of likely N-dealkylation sites (N-methyl/N-ethyl adjacent to an activating group) is 1. The van der Waals surface area contributed by atoms with Gasteiger partial charge in [-0.1, -0.05) is 60.7 Å². The largest absolute Gasteiger partial charge is 0.444 e. The topological polar surface area (TPSA) is 51.2 Å². The fourth-order valence-corrected chi connectivity index (χ4v) is 4.74. The van der Waals surface area contributed by atoms with Crippen molar-refractivity contribution in [2.75, 3.05) is 33.2 Å². The Morgan fingerprint density at radius 1 is 0.750 bits per heavy atom. The average Bonchev–Trinajstić information content (AvgIpc) is 3.21. The number of carbonyl (C=O) groups excluding carboxylic acids is 1. The molecule has 6 nitrogen and oxygen atoms in total. The van der Waals surface area contributed by atoms with Crippen molar-refractivity contribution >= 4 is 6.09 Å². The third-order valence-corrected chi connectivity index (χ3v) is 6.78. The molecule has 0 saturated carbocycles. The van der Waals surface area contributed by atoms with Crippen LogP contribution in [-0.2, 0) is 27.4 Å². The first-order valence-corrected chi connectivity index (χ1v) is 14.3. The van der Waals surface area contributed by atoms with Gasteiger partial charge in [-0.2, -0.15) is 0 Å². The van der Waals surface area contributed by atoms with Gasteiger partial charge in [-0.25, -0.2) is 13.6 Å². The Morgan fingerprint density at radius 3 is 1.73 bits per heavy atom. The first-order valence-electron chi connectivity index (χ1n) is 14.3. The minimum absolute atomic E-state index is 0.0696. The van der Waals surface area contributed by atoms with Crippen LogP contribution in [0.15, 0.2) is 60.7 Å². The summed E-state index contributed by atoms with van der Waals surface area (Å²) in [4.78, 5) is 15.7. The number of alkyl halides is 2. The van der Waals surface area contributed by atoms with Gasteiger partial charge in [0.25, 0.3) is 0 Å². The van der Waals surface area contributed by atoms with Gasteiger partial charge in [-0.3, -0.25) is 0 Å². The molecule has 2 aromatic rings. The number of ether oxygens (including phenoxy) is 3. The molecule has 40 heavy (non-hydrogen) atoms. The van der Waals surface area contributed by atoms with Crippen molar-refractivity contribution in [1.29, 1.82) is 0 Å². The summed E-state index contributed by atoms with van der Waals surface area (Å²) in [5.74, 6) is 0. The van der Waals surface area contributed by atoms with Gasteiger partial charge in [0.05, 0.1) is 38.5 Å². The van der Waals surface area contributed by atoms with Gasteiger partial charge in [-0.05, 0) is 64.6 Å². The molecular weight excluding hydrogens is 514 g/mol. The number of hydrogen-bond donors (Lipinski definition) is 0. The van der Waals surface area contributed by atoms with Crippen LogP contribution in [0.4, 0.5) is 13.6 Å². The highest BCUT2D eigenvalue weighted by Gasteiger charge is 2.30. The van der Waals surface area contributed by atoms with Crippen molar-refractivity contribution in [1.82, 2.24) is 9.80 Å². The van der Waals surface area contributed by atoms with E-state index < -0.39 is 24.0 Å². The lowest BCUT2D eigenvalue weighted by molar-refractivity contribution is -0.00453. The second kappa shape index (κ2) is 16.0. The molecule has 0 aliphatic carbocycles. The highest BCUT2D eigenvalue weighted by Crippen LogP contribution is 2.20. The summed E-state index contributed by atoms with van der Waals surface area (Å²) in [6.07, 6.45) is 0.201. The summed E-state index contributed by atoms with van der Waals surface area (Å²) in [6.45, 7) is 8.29. The van der Waals surface area contributed by atoms with Crippen LogP contribution in [0.2, 0.25) is 0 Å². The Bertz CT molecular complexity index is 989. The molecule has 0 radical (unpaired) electrons. The highest BCUT2D eigenvalue weighted by atomic mass is 19.1. The maximum Gasteiger partial charge on any atom is 0.410 e. The number of amides is 1. The molecule has 8 heteroatoms. The minimum atomic E-state index is -1.03. The first kappa shape index (κ1) is 32.0. The van der Waals surface area contributed by atoms with Crippen molar-refractivity contribution in [2.45, 2.75) is 89.8 Å². The summed E-state index contributed by atoms with van der Waals surface area (Å²) in [7, 11) is 1.96. The highest BCUT2D eigenvalue weighted by molar-refractivity contribution is 5.68. The molecule has 1 amide bonds. The van der Waals surface area contributed by atoms with Crippen molar-refractivity contribution in [2.24, 2.45) is 0 Å². The molecule has 4 rings (SSSR count). The lowest BCUT2D eigenvalue weighted by Crippen LogP contribution is -2.42. The Kier molecular flexibility index (Phi) is 12.8. The van der Waals surface area contributed by atoms with Gasteiger partial charge >= 0.3 is 6.09 Å². The number of halogens is 2. The Hall–Kier alpha value is -2.55. The van der Waals surface area contributed by atoms with Gasteiger partial charge in [0.1, 0.15) is 17.9 Å². The van der Waals surface area contributed by atoms with Crippen LogP contribution in [0.25, 0.3) is 0 Å². The zero-order chi connectivity index (χ0) is 29.0. The third-order valence-electron chi connectivity index (χ3n) is 6.78. The molecule has 4 atom stereocenters. The van der Waals surface area contributed by atoms with Crippen LogP contribution in [-0.4, -0.2) is 79.3 Å². The van der Waals surface area contributed by atoms with E-state index in [1.165, 1.54) is 10.5 Å². The van der Waals surface area contributed by atoms with Crippen molar-refractivity contribution in [3.05, 3.63) is 71.8 Å². The number of hydrogen-bond acceptors (Lipinski definition) is 5. The van der Waals surface area contributed by atoms with E-state index in [0.717, 1.165) is 18.5 Å². The van der Waals surface area contributed by atoms with E-state index in [1.807, 2.05) is 60.5 Å². The van der Waals surface area contributed by atoms with E-state index >= 15 is 0 Å². The fraction of sp³-hybridized carbons (Fsp3) is 0.594. The lowest BCUT2D eigenvalue weighted by atomic mass is 10.1. The number of likely N-dealkylation sites (tertiary alicyclic amines) is 2. The van der Waals surface area contributed by atoms with Gasteiger partial charge in [0.2, 0.25) is 0 Å². The summed E-state index contributed by atoms with van der Waals surface area (Å²) >= 11 is 0. The Morgan fingerprint density at radius 2 is 1.23 bits per heavy atom. The molecular formula is C32H46F2N2O4. The fourth-order valence-electron chi connectivity index (χ4n) is 4.74. The summed E-state index contributed by atoms with van der Waals surface area (Å²) in [5, 5.41) is 0. The predicted octanol–water partition coefficient (Wildman–Crippen LogP) is 6.58. The van der Waals surface area contributed by atoms with E-state index in [2.05, 4.69) is 12.1 Å². The van der Waals surface area contributed by atoms with E-state index in [9.17, 15) is 13.6 Å². The molecule has 4 unspecified atom stereocenters. The van der Waals surface area contributed by atoms with Crippen LogP contribution >= 0.6 is 0 Å². The number of nitrogens with zero attached hydrogens (tertiary/aromatic N) is 2. The molecule has 2 fully saturated rings. The standard InChI is InChI=1S/C18H26FNO3.C14H20FNO/c1-18(2,3)23-17(21)20-11-15(19)9-10-16(12-20)22-13-14-7-5-4-6-8-14;1-16-9-13(15)7-8-14(10-16)17-11-12-5-3-2-4-6-12/h4-8,15-16H,9-13H2,1-3H3;2-6,13-14H,7-11H2,1H3. The molecule has 2 heterocycles. The van der Waals surface area contributed by atoms with Gasteiger partial charge < -0.3 is 24.0 Å². The monoisotopic (exact) mass is 560 g/mol. The van der Waals surface area contributed by atoms with Gasteiger partial charge in [0.15, 0.2) is 0 Å². The second-order valence-corrected chi connectivity index (χ2v) is 11.8. The molecule has 222 valence electrons. The van der Waals surface area contributed by atoms with E-state index in [-0.39, 0.29) is 18.8 Å². The number of rotatable bonds is 6. The van der Waals surface area contributed by atoms with Crippen molar-refractivity contribution in [3.8, 4) is 0 Å². The second-order valence-electron chi connectivity index (χ2n) is 11.8. The molecule has 2 saturated heterocycles. The maximum atomic E-state index is 13.9. The summed E-state index contributed by atoms with van der Waals surface area (Å²) in [6, 6.07) is 20.0. The molecule has 2 aliphatic rings. The van der Waals surface area contributed by atoms with E-state index in [0.29, 0.717) is 45.6 Å². The summed E-state index contributed by atoms with van der Waals surface area (Å²) < 4.78 is 44.4. The molecule has 0 bridgehead atoms. The molecule has 0 N–H and O–H groups in total. The quantitative estimate of drug-likeness (QED) is 0.400. The Labute approximate surface area is 238 Å². The maximum absolute atomic E-state index is 13.9. The SMILES string of the molecule is CC(C)(C)OC(=O)N1CC(F)CCC(OCc2ccccc2)C1.CN1CC(F)CCC(OCc2ccccc2)C1. The first-order chi connectivity index (χ1) is 19.1. The van der Waals surface area contributed by atoms with Crippen LogP contribution in [0, 0.1) is 0 Å². The van der Waals surface area contributed by atoms with Crippen molar-refractivity contribution in [3.63, 3.8) is 0 Å². The smallest absolute Gasteiger partial charge is 0.410 e. The van der Waals surface area contributed by atoms with Crippen molar-refractivity contribution < 1.29 is 27.8 Å². The molecule has 0 spiro atoms. The molecule has 2 aliphatic heterocycles. The van der Waals surface area contributed by atoms with Crippen LogP contribution < -0.4 is 0 Å². The van der Waals surface area contributed by atoms with Gasteiger partial charge in [-0.15, -0.1) is 0 Å². The molecule has 2 aromatic carbocycles. The zero-order valence-corrected chi connectivity index (χ0v) is 24.4. The predicted molar refractivity (Wildman–Crippen MR) is 154 cm³/mol. The minimum Gasteiger partial charge on any atom is -0.444 e.